The summed E-state index contributed by atoms with van der Waals surface area (Å²) in [7, 11) is 1.60. The van der Waals surface area contributed by atoms with Crippen molar-refractivity contribution in [3.05, 3.63) is 0 Å². The monoisotopic (exact) mass is 257 g/mol. The van der Waals surface area contributed by atoms with E-state index in [0.29, 0.717) is 26.1 Å². The van der Waals surface area contributed by atoms with E-state index in [1.165, 1.54) is 4.90 Å². The summed E-state index contributed by atoms with van der Waals surface area (Å²) in [5.74, 6) is -0.927. The standard InChI is InChI=1S/C12H23N3O3/c1-10(16)4-8-14(2)11(17)12(18)15-7-3-5-13-6-9-15/h10,13,16H,3-9H2,1-2H3. The molecule has 1 unspecified atom stereocenters. The Balaban J connectivity index is 2.45. The van der Waals surface area contributed by atoms with Crippen LogP contribution in [-0.4, -0.2) is 72.6 Å². The summed E-state index contributed by atoms with van der Waals surface area (Å²) in [6, 6.07) is 0. The number of carbonyl (C=O) groups is 2. The molecular formula is C12H23N3O3. The van der Waals surface area contributed by atoms with Crippen LogP contribution in [0.3, 0.4) is 0 Å². The molecule has 0 radical (unpaired) electrons. The average Bonchev–Trinajstić information content (AvgIpc) is 2.62. The maximum Gasteiger partial charge on any atom is 0.312 e. The van der Waals surface area contributed by atoms with Gasteiger partial charge in [-0.05, 0) is 26.3 Å². The van der Waals surface area contributed by atoms with Crippen molar-refractivity contribution in [1.82, 2.24) is 15.1 Å². The van der Waals surface area contributed by atoms with Gasteiger partial charge in [0, 0.05) is 33.2 Å². The lowest BCUT2D eigenvalue weighted by molar-refractivity contribution is -0.151. The molecule has 1 atom stereocenters. The van der Waals surface area contributed by atoms with Gasteiger partial charge in [0.05, 0.1) is 6.10 Å². The summed E-state index contributed by atoms with van der Waals surface area (Å²) >= 11 is 0. The van der Waals surface area contributed by atoms with Crippen LogP contribution in [0.4, 0.5) is 0 Å². The van der Waals surface area contributed by atoms with E-state index in [1.807, 2.05) is 0 Å². The van der Waals surface area contributed by atoms with Gasteiger partial charge < -0.3 is 20.2 Å². The molecule has 0 aromatic carbocycles. The largest absolute Gasteiger partial charge is 0.393 e. The molecule has 1 heterocycles. The Morgan fingerprint density at radius 2 is 2.11 bits per heavy atom. The van der Waals surface area contributed by atoms with Crippen molar-refractivity contribution in [2.75, 3.05) is 39.8 Å². The second kappa shape index (κ2) is 7.33. The zero-order chi connectivity index (χ0) is 13.5. The lowest BCUT2D eigenvalue weighted by atomic mass is 10.2. The topological polar surface area (TPSA) is 72.9 Å². The second-order valence-corrected chi connectivity index (χ2v) is 4.76. The van der Waals surface area contributed by atoms with Gasteiger partial charge in [0.1, 0.15) is 0 Å². The van der Waals surface area contributed by atoms with Crippen molar-refractivity contribution in [2.24, 2.45) is 0 Å². The van der Waals surface area contributed by atoms with Gasteiger partial charge in [-0.25, -0.2) is 0 Å². The lowest BCUT2D eigenvalue weighted by Gasteiger charge is -2.23. The second-order valence-electron chi connectivity index (χ2n) is 4.76. The molecule has 18 heavy (non-hydrogen) atoms. The Morgan fingerprint density at radius 3 is 2.78 bits per heavy atom. The van der Waals surface area contributed by atoms with Crippen LogP contribution in [0.5, 0.6) is 0 Å². The minimum Gasteiger partial charge on any atom is -0.393 e. The van der Waals surface area contributed by atoms with Gasteiger partial charge in [-0.15, -0.1) is 0 Å². The van der Waals surface area contributed by atoms with Gasteiger partial charge in [-0.3, -0.25) is 9.59 Å². The van der Waals surface area contributed by atoms with E-state index in [1.54, 1.807) is 18.9 Å². The highest BCUT2D eigenvalue weighted by atomic mass is 16.3. The first-order valence-corrected chi connectivity index (χ1v) is 6.45. The zero-order valence-corrected chi connectivity index (χ0v) is 11.2. The highest BCUT2D eigenvalue weighted by Gasteiger charge is 2.25. The van der Waals surface area contributed by atoms with Gasteiger partial charge in [-0.1, -0.05) is 0 Å². The fraction of sp³-hybridized carbons (Fsp3) is 0.833. The van der Waals surface area contributed by atoms with Crippen LogP contribution in [0.25, 0.3) is 0 Å². The molecule has 104 valence electrons. The molecule has 1 aliphatic rings. The quantitative estimate of drug-likeness (QED) is 0.639. The summed E-state index contributed by atoms with van der Waals surface area (Å²) < 4.78 is 0. The van der Waals surface area contributed by atoms with E-state index in [0.717, 1.165) is 19.5 Å². The summed E-state index contributed by atoms with van der Waals surface area (Å²) in [5.41, 5.74) is 0. The summed E-state index contributed by atoms with van der Waals surface area (Å²) in [6.45, 7) is 4.89. The molecule has 0 aliphatic carbocycles. The van der Waals surface area contributed by atoms with Gasteiger partial charge in [0.15, 0.2) is 0 Å². The number of nitrogens with zero attached hydrogens (tertiary/aromatic N) is 2. The fourth-order valence-electron chi connectivity index (χ4n) is 1.83. The van der Waals surface area contributed by atoms with Crippen molar-refractivity contribution in [1.29, 1.82) is 0 Å². The highest BCUT2D eigenvalue weighted by Crippen LogP contribution is 2.01. The van der Waals surface area contributed by atoms with Crippen molar-refractivity contribution in [3.8, 4) is 0 Å². The summed E-state index contributed by atoms with van der Waals surface area (Å²) in [5, 5.41) is 12.4. The van der Waals surface area contributed by atoms with Gasteiger partial charge in [0.25, 0.3) is 0 Å². The SMILES string of the molecule is CC(O)CCN(C)C(=O)C(=O)N1CCCNCC1. The average molecular weight is 257 g/mol. The van der Waals surface area contributed by atoms with Crippen molar-refractivity contribution in [3.63, 3.8) is 0 Å². The molecule has 2 amide bonds. The number of hydrogen-bond acceptors (Lipinski definition) is 4. The predicted molar refractivity (Wildman–Crippen MR) is 68.0 cm³/mol. The molecule has 0 bridgehead atoms. The van der Waals surface area contributed by atoms with Crippen molar-refractivity contribution < 1.29 is 14.7 Å². The molecule has 1 saturated heterocycles. The van der Waals surface area contributed by atoms with E-state index in [-0.39, 0.29) is 0 Å². The molecule has 0 saturated carbocycles. The molecule has 0 aromatic rings. The third kappa shape index (κ3) is 4.62. The van der Waals surface area contributed by atoms with Crippen LogP contribution in [0, 0.1) is 0 Å². The minimum atomic E-state index is -0.488. The molecule has 0 spiro atoms. The predicted octanol–water partition coefficient (Wildman–Crippen LogP) is -0.962. The molecule has 0 aromatic heterocycles. The first-order valence-electron chi connectivity index (χ1n) is 6.45. The Morgan fingerprint density at radius 1 is 1.39 bits per heavy atom. The molecule has 1 rings (SSSR count). The number of nitrogens with one attached hydrogen (secondary N) is 1. The number of amides is 2. The Hall–Kier alpha value is -1.14. The van der Waals surface area contributed by atoms with Crippen LogP contribution >= 0.6 is 0 Å². The van der Waals surface area contributed by atoms with Crippen molar-refractivity contribution in [2.45, 2.75) is 25.9 Å². The number of carbonyl (C=O) groups excluding carboxylic acids is 2. The van der Waals surface area contributed by atoms with Gasteiger partial charge in [-0.2, -0.15) is 0 Å². The third-order valence-corrected chi connectivity index (χ3v) is 3.04. The van der Waals surface area contributed by atoms with Crippen molar-refractivity contribution >= 4 is 11.8 Å². The highest BCUT2D eigenvalue weighted by molar-refractivity contribution is 6.34. The fourth-order valence-corrected chi connectivity index (χ4v) is 1.83. The third-order valence-electron chi connectivity index (χ3n) is 3.04. The van der Waals surface area contributed by atoms with Gasteiger partial charge >= 0.3 is 11.8 Å². The minimum absolute atomic E-state index is 0.397. The Kier molecular flexibility index (Phi) is 6.07. The van der Waals surface area contributed by atoms with Crippen LogP contribution < -0.4 is 5.32 Å². The van der Waals surface area contributed by atoms with E-state index < -0.39 is 17.9 Å². The number of aliphatic hydroxyl groups is 1. The summed E-state index contributed by atoms with van der Waals surface area (Å²) in [4.78, 5) is 26.9. The molecule has 2 N–H and O–H groups in total. The maximum absolute atomic E-state index is 12.0. The van der Waals surface area contributed by atoms with Crippen LogP contribution in [-0.2, 0) is 9.59 Å². The Labute approximate surface area is 108 Å². The number of aliphatic hydroxyl groups excluding tert-OH is 1. The molecular weight excluding hydrogens is 234 g/mol. The number of hydrogen-bond donors (Lipinski definition) is 2. The molecule has 1 aliphatic heterocycles. The normalized spacial score (nSPS) is 18.1. The van der Waals surface area contributed by atoms with E-state index in [9.17, 15) is 9.59 Å². The first kappa shape index (κ1) is 14.9. The van der Waals surface area contributed by atoms with E-state index >= 15 is 0 Å². The lowest BCUT2D eigenvalue weighted by Crippen LogP contribution is -2.45. The number of rotatable bonds is 3. The Bertz CT molecular complexity index is 286. The molecule has 6 nitrogen and oxygen atoms in total. The van der Waals surface area contributed by atoms with Crippen LogP contribution in [0.1, 0.15) is 19.8 Å². The van der Waals surface area contributed by atoms with Crippen LogP contribution in [0.15, 0.2) is 0 Å². The molecule has 6 heteroatoms. The van der Waals surface area contributed by atoms with E-state index in [2.05, 4.69) is 5.32 Å². The molecule has 1 fully saturated rings. The zero-order valence-electron chi connectivity index (χ0n) is 11.2. The van der Waals surface area contributed by atoms with E-state index in [4.69, 9.17) is 5.11 Å². The maximum atomic E-state index is 12.0. The smallest absolute Gasteiger partial charge is 0.312 e. The first-order chi connectivity index (χ1) is 8.52. The van der Waals surface area contributed by atoms with Gasteiger partial charge in [0.2, 0.25) is 0 Å². The number of likely N-dealkylation sites (N-methyl/N-ethyl adjacent to an activating group) is 1. The van der Waals surface area contributed by atoms with Crippen LogP contribution in [0.2, 0.25) is 0 Å². The summed E-state index contributed by atoms with van der Waals surface area (Å²) in [6.07, 6.45) is 0.894.